The van der Waals surface area contributed by atoms with E-state index in [1.807, 2.05) is 13.8 Å². The summed E-state index contributed by atoms with van der Waals surface area (Å²) in [6.07, 6.45) is 1.54. The number of carbonyl (C=O) groups excluding carboxylic acids is 3. The fourth-order valence-electron chi connectivity index (χ4n) is 3.06. The zero-order valence-corrected chi connectivity index (χ0v) is 16.0. The van der Waals surface area contributed by atoms with E-state index >= 15 is 0 Å². The van der Waals surface area contributed by atoms with Crippen LogP contribution in [0.5, 0.6) is 0 Å². The van der Waals surface area contributed by atoms with Crippen LogP contribution >= 0.6 is 0 Å². The van der Waals surface area contributed by atoms with Gasteiger partial charge in [-0.1, -0.05) is 6.07 Å². The normalized spacial score (nSPS) is 16.7. The average molecular weight is 375 g/mol. The summed E-state index contributed by atoms with van der Waals surface area (Å²) in [7, 11) is 0. The van der Waals surface area contributed by atoms with Crippen LogP contribution in [0, 0.1) is 5.92 Å². The van der Waals surface area contributed by atoms with Gasteiger partial charge in [-0.3, -0.25) is 9.59 Å². The zero-order chi connectivity index (χ0) is 19.8. The van der Waals surface area contributed by atoms with Crippen LogP contribution in [0.2, 0.25) is 0 Å². The molecule has 0 aromatic heterocycles. The molecule has 0 spiro atoms. The maximum atomic E-state index is 12.8. The highest BCUT2D eigenvalue weighted by Gasteiger charge is 2.28. The molecule has 1 aromatic rings. The number of amides is 4. The molecule has 0 saturated carbocycles. The number of rotatable bonds is 6. The summed E-state index contributed by atoms with van der Waals surface area (Å²) in [6, 6.07) is 6.53. The third-order valence-electron chi connectivity index (χ3n) is 4.31. The van der Waals surface area contributed by atoms with E-state index < -0.39 is 0 Å². The first-order valence-electron chi connectivity index (χ1n) is 9.35. The first-order valence-corrected chi connectivity index (χ1v) is 9.35. The van der Waals surface area contributed by atoms with Gasteiger partial charge < -0.3 is 26.6 Å². The van der Waals surface area contributed by atoms with Gasteiger partial charge in [-0.2, -0.15) is 0 Å². The van der Waals surface area contributed by atoms with Crippen molar-refractivity contribution in [2.24, 2.45) is 11.7 Å². The molecule has 8 nitrogen and oxygen atoms in total. The van der Waals surface area contributed by atoms with E-state index in [4.69, 9.17) is 5.73 Å². The van der Waals surface area contributed by atoms with Gasteiger partial charge in [0.15, 0.2) is 0 Å². The Hall–Kier alpha value is -2.61. The molecule has 1 unspecified atom stereocenters. The summed E-state index contributed by atoms with van der Waals surface area (Å²) in [5, 5.41) is 8.26. The Balaban J connectivity index is 2.01. The van der Waals surface area contributed by atoms with E-state index in [9.17, 15) is 14.4 Å². The lowest BCUT2D eigenvalue weighted by Crippen LogP contribution is -2.46. The number of benzene rings is 1. The Morgan fingerprint density at radius 2 is 2.07 bits per heavy atom. The smallest absolute Gasteiger partial charge is 0.319 e. The van der Waals surface area contributed by atoms with E-state index in [1.54, 1.807) is 29.2 Å². The topological polar surface area (TPSA) is 117 Å². The lowest BCUT2D eigenvalue weighted by Gasteiger charge is -2.32. The van der Waals surface area contributed by atoms with Gasteiger partial charge in [0, 0.05) is 43.5 Å². The van der Waals surface area contributed by atoms with Crippen molar-refractivity contribution in [3.05, 3.63) is 29.8 Å². The van der Waals surface area contributed by atoms with E-state index in [0.29, 0.717) is 37.4 Å². The lowest BCUT2D eigenvalue weighted by molar-refractivity contribution is -0.126. The van der Waals surface area contributed by atoms with Gasteiger partial charge in [0.25, 0.3) is 5.91 Å². The van der Waals surface area contributed by atoms with E-state index in [1.165, 1.54) is 0 Å². The molecule has 2 rings (SSSR count). The number of anilines is 1. The second kappa shape index (κ2) is 9.91. The van der Waals surface area contributed by atoms with Gasteiger partial charge in [-0.15, -0.1) is 0 Å². The van der Waals surface area contributed by atoms with Gasteiger partial charge in [0.1, 0.15) is 0 Å². The Morgan fingerprint density at radius 1 is 1.30 bits per heavy atom. The molecule has 1 aliphatic heterocycles. The first-order chi connectivity index (χ1) is 12.9. The van der Waals surface area contributed by atoms with E-state index in [-0.39, 0.29) is 29.8 Å². The predicted molar refractivity (Wildman–Crippen MR) is 104 cm³/mol. The van der Waals surface area contributed by atoms with E-state index in [2.05, 4.69) is 16.0 Å². The number of piperidine rings is 1. The molecular weight excluding hydrogens is 346 g/mol. The second-order valence-corrected chi connectivity index (χ2v) is 7.00. The number of nitrogens with one attached hydrogen (secondary N) is 3. The van der Waals surface area contributed by atoms with Crippen molar-refractivity contribution in [1.29, 1.82) is 0 Å². The number of carbonyl (C=O) groups is 3. The van der Waals surface area contributed by atoms with Crippen molar-refractivity contribution in [1.82, 2.24) is 15.5 Å². The van der Waals surface area contributed by atoms with Crippen LogP contribution in [0.3, 0.4) is 0 Å². The van der Waals surface area contributed by atoms with Gasteiger partial charge in [-0.25, -0.2) is 4.79 Å². The summed E-state index contributed by atoms with van der Waals surface area (Å²) >= 11 is 0. The molecule has 1 aromatic carbocycles. The van der Waals surface area contributed by atoms with Crippen molar-refractivity contribution >= 4 is 23.5 Å². The Labute approximate surface area is 159 Å². The molecule has 148 valence electrons. The molecule has 0 radical (unpaired) electrons. The van der Waals surface area contributed by atoms with Crippen LogP contribution < -0.4 is 21.7 Å². The van der Waals surface area contributed by atoms with Crippen LogP contribution in [-0.2, 0) is 4.79 Å². The minimum Gasteiger partial charge on any atom is -0.355 e. The van der Waals surface area contributed by atoms with Crippen molar-refractivity contribution in [3.8, 4) is 0 Å². The van der Waals surface area contributed by atoms with Gasteiger partial charge >= 0.3 is 6.03 Å². The minimum atomic E-state index is -0.316. The largest absolute Gasteiger partial charge is 0.355 e. The second-order valence-electron chi connectivity index (χ2n) is 7.00. The Kier molecular flexibility index (Phi) is 7.60. The van der Waals surface area contributed by atoms with Gasteiger partial charge in [-0.05, 0) is 44.9 Å². The van der Waals surface area contributed by atoms with Crippen LogP contribution in [0.15, 0.2) is 24.3 Å². The molecule has 5 N–H and O–H groups in total. The monoisotopic (exact) mass is 375 g/mol. The van der Waals surface area contributed by atoms with Gasteiger partial charge in [0.05, 0.1) is 5.92 Å². The molecule has 8 heteroatoms. The van der Waals surface area contributed by atoms with Crippen molar-refractivity contribution < 1.29 is 14.4 Å². The summed E-state index contributed by atoms with van der Waals surface area (Å²) < 4.78 is 0. The molecule has 1 aliphatic rings. The number of nitrogens with zero attached hydrogens (tertiary/aromatic N) is 1. The van der Waals surface area contributed by atoms with Crippen molar-refractivity contribution in [3.63, 3.8) is 0 Å². The standard InChI is InChI=1S/C19H29N5O3/c1-13(2)22-19(27)23-16-7-3-5-14(11-16)18(26)24-10-4-6-15(12-24)17(25)21-9-8-20/h3,5,7,11,13,15H,4,6,8-10,12,20H2,1-2H3,(H,21,25)(H2,22,23,27). The highest BCUT2D eigenvalue weighted by Crippen LogP contribution is 2.20. The number of nitrogens with two attached hydrogens (primary N) is 1. The summed E-state index contributed by atoms with van der Waals surface area (Å²) in [6.45, 7) is 5.58. The Bertz CT molecular complexity index is 677. The molecule has 4 amide bonds. The van der Waals surface area contributed by atoms with Crippen LogP contribution in [0.4, 0.5) is 10.5 Å². The number of hydrogen-bond donors (Lipinski definition) is 4. The maximum Gasteiger partial charge on any atom is 0.319 e. The number of hydrogen-bond acceptors (Lipinski definition) is 4. The molecule has 1 saturated heterocycles. The fraction of sp³-hybridized carbons (Fsp3) is 0.526. The molecule has 1 atom stereocenters. The molecule has 27 heavy (non-hydrogen) atoms. The SMILES string of the molecule is CC(C)NC(=O)Nc1cccc(C(=O)N2CCCC(C(=O)NCCN)C2)c1. The van der Waals surface area contributed by atoms with E-state index in [0.717, 1.165) is 12.8 Å². The molecule has 0 bridgehead atoms. The third-order valence-corrected chi connectivity index (χ3v) is 4.31. The summed E-state index contributed by atoms with van der Waals surface area (Å²) in [5.41, 5.74) is 6.46. The highest BCUT2D eigenvalue weighted by molar-refractivity contribution is 5.97. The minimum absolute atomic E-state index is 0.0190. The quantitative estimate of drug-likeness (QED) is 0.596. The van der Waals surface area contributed by atoms with Crippen molar-refractivity contribution in [2.45, 2.75) is 32.7 Å². The molecule has 1 heterocycles. The van der Waals surface area contributed by atoms with Gasteiger partial charge in [0.2, 0.25) is 5.91 Å². The average Bonchev–Trinajstić information content (AvgIpc) is 2.65. The summed E-state index contributed by atoms with van der Waals surface area (Å²) in [4.78, 5) is 38.5. The lowest BCUT2D eigenvalue weighted by atomic mass is 9.96. The predicted octanol–water partition coefficient (Wildman–Crippen LogP) is 1.14. The zero-order valence-electron chi connectivity index (χ0n) is 16.0. The van der Waals surface area contributed by atoms with Crippen molar-refractivity contribution in [2.75, 3.05) is 31.5 Å². The van der Waals surface area contributed by atoms with Crippen LogP contribution in [0.25, 0.3) is 0 Å². The number of likely N-dealkylation sites (tertiary alicyclic amines) is 1. The number of urea groups is 1. The van der Waals surface area contributed by atoms with Crippen LogP contribution in [0.1, 0.15) is 37.0 Å². The maximum absolute atomic E-state index is 12.8. The molecular formula is C19H29N5O3. The summed E-state index contributed by atoms with van der Waals surface area (Å²) in [5.74, 6) is -0.412. The Morgan fingerprint density at radius 3 is 2.78 bits per heavy atom. The fourth-order valence-corrected chi connectivity index (χ4v) is 3.06. The molecule has 1 fully saturated rings. The molecule has 0 aliphatic carbocycles. The first kappa shape index (κ1) is 20.7. The highest BCUT2D eigenvalue weighted by atomic mass is 16.2. The third kappa shape index (κ3) is 6.25. The van der Waals surface area contributed by atoms with Crippen LogP contribution in [-0.4, -0.2) is 55.0 Å².